The van der Waals surface area contributed by atoms with Crippen molar-refractivity contribution in [1.29, 1.82) is 0 Å². The summed E-state index contributed by atoms with van der Waals surface area (Å²) in [4.78, 5) is 27.4. The van der Waals surface area contributed by atoms with Crippen LogP contribution >= 0.6 is 11.6 Å². The first-order chi connectivity index (χ1) is 14.0. The number of nitrogens with one attached hydrogen (secondary N) is 4. The number of amides is 2. The first-order valence-corrected chi connectivity index (χ1v) is 9.81. The van der Waals surface area contributed by atoms with Crippen LogP contribution in [-0.4, -0.2) is 45.1 Å². The largest absolute Gasteiger partial charge is 0.365 e. The number of carbonyl (C=O) groups is 1. The molecule has 1 saturated carbocycles. The summed E-state index contributed by atoms with van der Waals surface area (Å²) >= 11 is 6.06. The van der Waals surface area contributed by atoms with Gasteiger partial charge in [0.2, 0.25) is 0 Å². The Balaban J connectivity index is 1.55. The summed E-state index contributed by atoms with van der Waals surface area (Å²) in [6, 6.07) is 1.60. The van der Waals surface area contributed by atoms with E-state index in [-0.39, 0.29) is 23.9 Å². The number of anilines is 1. The minimum absolute atomic E-state index is 0.00207. The molecule has 3 aromatic heterocycles. The average molecular weight is 418 g/mol. The maximum atomic E-state index is 14.4. The molecule has 1 aliphatic rings. The molecule has 2 amide bonds. The second-order valence-corrected chi connectivity index (χ2v) is 7.51. The van der Waals surface area contributed by atoms with Gasteiger partial charge in [0.15, 0.2) is 17.5 Å². The van der Waals surface area contributed by atoms with Crippen molar-refractivity contribution in [3.63, 3.8) is 0 Å². The zero-order chi connectivity index (χ0) is 20.4. The molecule has 4 rings (SSSR count). The standard InChI is InChI=1S/C19H21ClFN7O/c1-22-19(29)27-12-4-2-3-11(6-12)26-18-15(21)9-25-17(28-18)14-8-24-16-13(14)5-10(20)7-23-16/h5,7-9,11-12H,2-4,6H2,1H3,(H,23,24)(H2,22,27,29)(H,25,26,28)/t11-,12-/m1/s1. The number of nitrogens with zero attached hydrogens (tertiary/aromatic N) is 3. The highest BCUT2D eigenvalue weighted by Crippen LogP contribution is 2.29. The Morgan fingerprint density at radius 3 is 2.93 bits per heavy atom. The molecule has 3 aromatic rings. The number of rotatable bonds is 4. The van der Waals surface area contributed by atoms with Crippen LogP contribution in [0.5, 0.6) is 0 Å². The minimum atomic E-state index is -0.522. The third kappa shape index (κ3) is 4.24. The quantitative estimate of drug-likeness (QED) is 0.520. The molecule has 0 unspecified atom stereocenters. The number of fused-ring (bicyclic) bond motifs is 1. The lowest BCUT2D eigenvalue weighted by Gasteiger charge is -2.30. The van der Waals surface area contributed by atoms with Gasteiger partial charge < -0.3 is 20.9 Å². The Hall–Kier alpha value is -2.94. The topological polar surface area (TPSA) is 108 Å². The molecule has 0 saturated heterocycles. The predicted molar refractivity (Wildman–Crippen MR) is 109 cm³/mol. The van der Waals surface area contributed by atoms with Gasteiger partial charge in [-0.1, -0.05) is 11.6 Å². The van der Waals surface area contributed by atoms with Gasteiger partial charge in [0.25, 0.3) is 0 Å². The molecule has 0 aromatic carbocycles. The van der Waals surface area contributed by atoms with Gasteiger partial charge in [0.1, 0.15) is 5.65 Å². The summed E-state index contributed by atoms with van der Waals surface area (Å²) in [6.07, 6.45) is 7.83. The van der Waals surface area contributed by atoms with Crippen LogP contribution in [-0.2, 0) is 0 Å². The van der Waals surface area contributed by atoms with Crippen LogP contribution in [0.15, 0.2) is 24.7 Å². The van der Waals surface area contributed by atoms with E-state index in [2.05, 4.69) is 35.9 Å². The lowest BCUT2D eigenvalue weighted by atomic mass is 9.91. The van der Waals surface area contributed by atoms with E-state index < -0.39 is 5.82 Å². The molecule has 4 N–H and O–H groups in total. The van der Waals surface area contributed by atoms with Crippen molar-refractivity contribution in [2.45, 2.75) is 37.8 Å². The van der Waals surface area contributed by atoms with E-state index in [0.717, 1.165) is 30.8 Å². The summed E-state index contributed by atoms with van der Waals surface area (Å²) in [5, 5.41) is 9.92. The Morgan fingerprint density at radius 2 is 2.10 bits per heavy atom. The second kappa shape index (κ2) is 8.20. The Kier molecular flexibility index (Phi) is 5.48. The molecule has 0 aliphatic heterocycles. The molecule has 1 aliphatic carbocycles. The van der Waals surface area contributed by atoms with Gasteiger partial charge in [-0.3, -0.25) is 0 Å². The van der Waals surface area contributed by atoms with Crippen LogP contribution in [0.25, 0.3) is 22.4 Å². The third-order valence-corrected chi connectivity index (χ3v) is 5.27. The highest BCUT2D eigenvalue weighted by molar-refractivity contribution is 6.31. The van der Waals surface area contributed by atoms with Crippen molar-refractivity contribution < 1.29 is 9.18 Å². The summed E-state index contributed by atoms with van der Waals surface area (Å²) in [6.45, 7) is 0. The number of carbonyl (C=O) groups excluding carboxylic acids is 1. The molecule has 0 radical (unpaired) electrons. The van der Waals surface area contributed by atoms with Gasteiger partial charge in [-0.2, -0.15) is 0 Å². The fourth-order valence-electron chi connectivity index (χ4n) is 3.66. The zero-order valence-electron chi connectivity index (χ0n) is 15.8. The van der Waals surface area contributed by atoms with E-state index in [1.165, 1.54) is 0 Å². The zero-order valence-corrected chi connectivity index (χ0v) is 16.6. The van der Waals surface area contributed by atoms with E-state index in [4.69, 9.17) is 11.6 Å². The summed E-state index contributed by atoms with van der Waals surface area (Å²) < 4.78 is 14.4. The number of pyridine rings is 1. The van der Waals surface area contributed by atoms with E-state index in [0.29, 0.717) is 28.5 Å². The lowest BCUT2D eigenvalue weighted by Crippen LogP contribution is -2.45. The average Bonchev–Trinajstić information content (AvgIpc) is 3.13. The van der Waals surface area contributed by atoms with Crippen molar-refractivity contribution in [3.05, 3.63) is 35.5 Å². The minimum Gasteiger partial charge on any atom is -0.365 e. The van der Waals surface area contributed by atoms with Gasteiger partial charge in [0, 0.05) is 42.5 Å². The van der Waals surface area contributed by atoms with E-state index in [9.17, 15) is 9.18 Å². The number of halogens is 2. The number of aromatic nitrogens is 4. The number of H-pyrrole nitrogens is 1. The van der Waals surface area contributed by atoms with E-state index in [1.54, 1.807) is 25.5 Å². The Bertz CT molecular complexity index is 1040. The number of hydrogen-bond donors (Lipinski definition) is 4. The SMILES string of the molecule is CNC(=O)N[C@@H]1CCC[C@@H](Nc2nc(-c3c[nH]c4ncc(Cl)cc34)ncc2F)C1. The molecule has 2 atom stereocenters. The third-order valence-electron chi connectivity index (χ3n) is 5.06. The monoisotopic (exact) mass is 417 g/mol. The highest BCUT2D eigenvalue weighted by atomic mass is 35.5. The first-order valence-electron chi connectivity index (χ1n) is 9.44. The molecule has 0 bridgehead atoms. The molecule has 29 heavy (non-hydrogen) atoms. The van der Waals surface area contributed by atoms with Crippen molar-refractivity contribution in [3.8, 4) is 11.4 Å². The fourth-order valence-corrected chi connectivity index (χ4v) is 3.82. The van der Waals surface area contributed by atoms with Crippen molar-refractivity contribution in [2.24, 2.45) is 0 Å². The first kappa shape index (κ1) is 19.4. The summed E-state index contributed by atoms with van der Waals surface area (Å²) in [5.74, 6) is -0.00359. The summed E-state index contributed by atoms with van der Waals surface area (Å²) in [5.41, 5.74) is 1.35. The molecule has 0 spiro atoms. The van der Waals surface area contributed by atoms with Crippen molar-refractivity contribution >= 4 is 34.5 Å². The van der Waals surface area contributed by atoms with Crippen molar-refractivity contribution in [2.75, 3.05) is 12.4 Å². The number of urea groups is 1. The molecular weight excluding hydrogens is 397 g/mol. The van der Waals surface area contributed by atoms with Crippen LogP contribution in [0.3, 0.4) is 0 Å². The molecule has 10 heteroatoms. The molecule has 3 heterocycles. The van der Waals surface area contributed by atoms with Crippen LogP contribution in [0.4, 0.5) is 15.0 Å². The summed E-state index contributed by atoms with van der Waals surface area (Å²) in [7, 11) is 1.58. The van der Waals surface area contributed by atoms with Gasteiger partial charge in [-0.25, -0.2) is 24.1 Å². The lowest BCUT2D eigenvalue weighted by molar-refractivity contribution is 0.233. The van der Waals surface area contributed by atoms with Gasteiger partial charge in [-0.05, 0) is 31.7 Å². The van der Waals surface area contributed by atoms with E-state index in [1.807, 2.05) is 0 Å². The van der Waals surface area contributed by atoms with Crippen LogP contribution < -0.4 is 16.0 Å². The van der Waals surface area contributed by atoms with Crippen molar-refractivity contribution in [1.82, 2.24) is 30.6 Å². The Labute approximate surface area is 171 Å². The normalized spacial score (nSPS) is 19.1. The van der Waals surface area contributed by atoms with Crippen LogP contribution in [0, 0.1) is 5.82 Å². The predicted octanol–water partition coefficient (Wildman–Crippen LogP) is 3.46. The fraction of sp³-hybridized carbons (Fsp3) is 0.368. The van der Waals surface area contributed by atoms with Crippen LogP contribution in [0.1, 0.15) is 25.7 Å². The molecule has 8 nitrogen and oxygen atoms in total. The van der Waals surface area contributed by atoms with Crippen LogP contribution in [0.2, 0.25) is 5.02 Å². The van der Waals surface area contributed by atoms with Gasteiger partial charge in [0.05, 0.1) is 11.2 Å². The number of hydrogen-bond acceptors (Lipinski definition) is 5. The molecule has 1 fully saturated rings. The molecular formula is C19H21ClFN7O. The van der Waals surface area contributed by atoms with E-state index >= 15 is 0 Å². The van der Waals surface area contributed by atoms with Gasteiger partial charge in [-0.15, -0.1) is 0 Å². The second-order valence-electron chi connectivity index (χ2n) is 7.07. The smallest absolute Gasteiger partial charge is 0.314 e. The molecule has 152 valence electrons. The Morgan fingerprint density at radius 1 is 1.28 bits per heavy atom. The highest BCUT2D eigenvalue weighted by Gasteiger charge is 2.24. The number of aromatic amines is 1. The van der Waals surface area contributed by atoms with Gasteiger partial charge >= 0.3 is 6.03 Å². The maximum Gasteiger partial charge on any atom is 0.314 e. The maximum absolute atomic E-state index is 14.4.